The minimum absolute atomic E-state index is 0.00800. The van der Waals surface area contributed by atoms with E-state index < -0.39 is 4.92 Å². The number of aromatic nitrogens is 1. The highest BCUT2D eigenvalue weighted by Gasteiger charge is 2.19. The van der Waals surface area contributed by atoms with Gasteiger partial charge in [-0.1, -0.05) is 13.8 Å². The van der Waals surface area contributed by atoms with Crippen LogP contribution in [0.1, 0.15) is 13.8 Å². The van der Waals surface area contributed by atoms with Crippen LogP contribution >= 0.6 is 0 Å². The Morgan fingerprint density at radius 3 is 2.88 bits per heavy atom. The van der Waals surface area contributed by atoms with Crippen LogP contribution in [0.2, 0.25) is 0 Å². The molecule has 16 heavy (non-hydrogen) atoms. The van der Waals surface area contributed by atoms with Crippen LogP contribution in [-0.4, -0.2) is 28.2 Å². The minimum atomic E-state index is -0.533. The Balaban J connectivity index is 2.78. The fraction of sp³-hybridized carbons (Fsp3) is 0.500. The SMILES string of the molecule is CC(C)(CO)CNc1cccnc1[N+](=O)[O-]. The Labute approximate surface area is 93.5 Å². The largest absolute Gasteiger partial charge is 0.396 e. The number of hydrogen-bond donors (Lipinski definition) is 2. The predicted octanol–water partition coefficient (Wildman–Crippen LogP) is 1.42. The van der Waals surface area contributed by atoms with E-state index in [-0.39, 0.29) is 17.8 Å². The highest BCUT2D eigenvalue weighted by Crippen LogP contribution is 2.22. The van der Waals surface area contributed by atoms with Gasteiger partial charge >= 0.3 is 5.82 Å². The third-order valence-electron chi connectivity index (χ3n) is 2.15. The average molecular weight is 225 g/mol. The summed E-state index contributed by atoms with van der Waals surface area (Å²) >= 11 is 0. The molecule has 1 heterocycles. The van der Waals surface area contributed by atoms with Gasteiger partial charge in [0.25, 0.3) is 0 Å². The molecule has 0 aliphatic carbocycles. The lowest BCUT2D eigenvalue weighted by atomic mass is 9.95. The molecule has 0 spiro atoms. The molecule has 0 aromatic carbocycles. The molecular formula is C10H15N3O3. The van der Waals surface area contributed by atoms with Crippen LogP contribution in [0.4, 0.5) is 11.5 Å². The molecule has 88 valence electrons. The van der Waals surface area contributed by atoms with Gasteiger partial charge in [-0.05, 0) is 22.0 Å². The molecule has 0 radical (unpaired) electrons. The van der Waals surface area contributed by atoms with E-state index in [9.17, 15) is 10.1 Å². The number of hydrogen-bond acceptors (Lipinski definition) is 5. The highest BCUT2D eigenvalue weighted by atomic mass is 16.6. The van der Waals surface area contributed by atoms with Gasteiger partial charge in [-0.3, -0.25) is 0 Å². The van der Waals surface area contributed by atoms with Crippen molar-refractivity contribution in [3.63, 3.8) is 0 Å². The fourth-order valence-corrected chi connectivity index (χ4v) is 1.07. The van der Waals surface area contributed by atoms with Crippen LogP contribution in [0.3, 0.4) is 0 Å². The van der Waals surface area contributed by atoms with Crippen LogP contribution in [-0.2, 0) is 0 Å². The van der Waals surface area contributed by atoms with Gasteiger partial charge in [0.15, 0.2) is 0 Å². The van der Waals surface area contributed by atoms with Crippen molar-refractivity contribution < 1.29 is 10.0 Å². The number of aliphatic hydroxyl groups is 1. The summed E-state index contributed by atoms with van der Waals surface area (Å²) in [7, 11) is 0. The molecule has 2 N–H and O–H groups in total. The average Bonchev–Trinajstić information content (AvgIpc) is 2.27. The summed E-state index contributed by atoms with van der Waals surface area (Å²) in [5, 5.41) is 22.7. The van der Waals surface area contributed by atoms with Crippen molar-refractivity contribution in [2.24, 2.45) is 5.41 Å². The van der Waals surface area contributed by atoms with E-state index in [0.29, 0.717) is 12.2 Å². The highest BCUT2D eigenvalue weighted by molar-refractivity contribution is 5.56. The van der Waals surface area contributed by atoms with E-state index in [2.05, 4.69) is 10.3 Å². The fourth-order valence-electron chi connectivity index (χ4n) is 1.07. The van der Waals surface area contributed by atoms with Gasteiger partial charge in [0.1, 0.15) is 11.9 Å². The van der Waals surface area contributed by atoms with Gasteiger partial charge in [0.2, 0.25) is 0 Å². The summed E-state index contributed by atoms with van der Waals surface area (Å²) in [6.07, 6.45) is 1.38. The smallest absolute Gasteiger partial charge is 0.386 e. The van der Waals surface area contributed by atoms with Gasteiger partial charge in [-0.2, -0.15) is 0 Å². The van der Waals surface area contributed by atoms with Crippen LogP contribution in [0.25, 0.3) is 0 Å². The summed E-state index contributed by atoms with van der Waals surface area (Å²) in [5.74, 6) is -0.198. The summed E-state index contributed by atoms with van der Waals surface area (Å²) in [5.41, 5.74) is 0.0398. The summed E-state index contributed by atoms with van der Waals surface area (Å²) in [6, 6.07) is 3.22. The van der Waals surface area contributed by atoms with E-state index in [1.54, 1.807) is 12.1 Å². The maximum atomic E-state index is 10.7. The molecule has 6 heteroatoms. The first-order valence-electron chi connectivity index (χ1n) is 4.90. The molecule has 0 aliphatic heterocycles. The van der Waals surface area contributed by atoms with Crippen molar-refractivity contribution in [3.8, 4) is 0 Å². The van der Waals surface area contributed by atoms with Crippen molar-refractivity contribution in [1.29, 1.82) is 0 Å². The number of nitro groups is 1. The van der Waals surface area contributed by atoms with Crippen LogP contribution in [0, 0.1) is 15.5 Å². The zero-order valence-electron chi connectivity index (χ0n) is 9.30. The molecule has 1 aromatic rings. The van der Waals surface area contributed by atoms with Crippen LogP contribution in [0.15, 0.2) is 18.3 Å². The number of anilines is 1. The Hall–Kier alpha value is -1.69. The lowest BCUT2D eigenvalue weighted by Crippen LogP contribution is -2.27. The minimum Gasteiger partial charge on any atom is -0.396 e. The van der Waals surface area contributed by atoms with Crippen LogP contribution in [0.5, 0.6) is 0 Å². The normalized spacial score (nSPS) is 11.2. The zero-order chi connectivity index (χ0) is 12.2. The first-order valence-corrected chi connectivity index (χ1v) is 4.90. The first kappa shape index (κ1) is 12.4. The second-order valence-corrected chi connectivity index (χ2v) is 4.31. The van der Waals surface area contributed by atoms with E-state index >= 15 is 0 Å². The molecule has 0 saturated carbocycles. The monoisotopic (exact) mass is 225 g/mol. The van der Waals surface area contributed by atoms with Gasteiger partial charge in [0.05, 0.1) is 0 Å². The second-order valence-electron chi connectivity index (χ2n) is 4.31. The molecule has 1 aromatic heterocycles. The van der Waals surface area contributed by atoms with Gasteiger partial charge in [-0.15, -0.1) is 0 Å². The Bertz CT molecular complexity index is 379. The quantitative estimate of drug-likeness (QED) is 0.584. The molecule has 0 amide bonds. The Morgan fingerprint density at radius 1 is 1.62 bits per heavy atom. The topological polar surface area (TPSA) is 88.3 Å². The number of rotatable bonds is 5. The molecule has 6 nitrogen and oxygen atoms in total. The summed E-state index contributed by atoms with van der Waals surface area (Å²) < 4.78 is 0. The maximum absolute atomic E-state index is 10.7. The van der Waals surface area contributed by atoms with Crippen molar-refractivity contribution in [3.05, 3.63) is 28.4 Å². The molecule has 0 fully saturated rings. The van der Waals surface area contributed by atoms with E-state index in [0.717, 1.165) is 0 Å². The molecule has 0 bridgehead atoms. The van der Waals surface area contributed by atoms with E-state index in [1.807, 2.05) is 13.8 Å². The maximum Gasteiger partial charge on any atom is 0.386 e. The predicted molar refractivity (Wildman–Crippen MR) is 60.2 cm³/mol. The molecule has 0 unspecified atom stereocenters. The number of nitrogens with one attached hydrogen (secondary N) is 1. The van der Waals surface area contributed by atoms with Crippen molar-refractivity contribution >= 4 is 11.5 Å². The van der Waals surface area contributed by atoms with Crippen molar-refractivity contribution in [2.75, 3.05) is 18.5 Å². The van der Waals surface area contributed by atoms with Gasteiger partial charge in [0, 0.05) is 18.6 Å². The van der Waals surface area contributed by atoms with Crippen molar-refractivity contribution in [2.45, 2.75) is 13.8 Å². The first-order chi connectivity index (χ1) is 7.46. The molecule has 0 saturated heterocycles. The third-order valence-corrected chi connectivity index (χ3v) is 2.15. The lowest BCUT2D eigenvalue weighted by Gasteiger charge is -2.22. The van der Waals surface area contributed by atoms with Crippen molar-refractivity contribution in [1.82, 2.24) is 4.98 Å². The summed E-state index contributed by atoms with van der Waals surface area (Å²) in [6.45, 7) is 4.18. The Morgan fingerprint density at radius 2 is 2.31 bits per heavy atom. The van der Waals surface area contributed by atoms with Gasteiger partial charge in [-0.25, -0.2) is 0 Å². The van der Waals surface area contributed by atoms with Gasteiger partial charge < -0.3 is 20.5 Å². The second kappa shape index (κ2) is 4.89. The lowest BCUT2D eigenvalue weighted by molar-refractivity contribution is -0.388. The summed E-state index contributed by atoms with van der Waals surface area (Å²) in [4.78, 5) is 13.8. The van der Waals surface area contributed by atoms with E-state index in [1.165, 1.54) is 6.20 Å². The number of aliphatic hydroxyl groups excluding tert-OH is 1. The number of nitrogens with zero attached hydrogens (tertiary/aromatic N) is 2. The third kappa shape index (κ3) is 3.16. The standard InChI is InChI=1S/C10H15N3O3/c1-10(2,7-14)6-12-8-4-3-5-11-9(8)13(15)16/h3-5,12,14H,6-7H2,1-2H3. The number of pyridine rings is 1. The molecule has 0 atom stereocenters. The molecule has 1 rings (SSSR count). The molecule has 0 aliphatic rings. The van der Waals surface area contributed by atoms with E-state index in [4.69, 9.17) is 5.11 Å². The Kier molecular flexibility index (Phi) is 3.78. The molecular weight excluding hydrogens is 210 g/mol. The zero-order valence-corrected chi connectivity index (χ0v) is 9.30. The van der Waals surface area contributed by atoms with Crippen LogP contribution < -0.4 is 5.32 Å².